The molecule has 0 bridgehead atoms. The van der Waals surface area contributed by atoms with Crippen LogP contribution in [0.25, 0.3) is 10.9 Å². The maximum atomic E-state index is 4.68. The van der Waals surface area contributed by atoms with Crippen LogP contribution in [0.5, 0.6) is 0 Å². The van der Waals surface area contributed by atoms with Crippen LogP contribution < -0.4 is 0 Å². The van der Waals surface area contributed by atoms with Crippen LogP contribution in [0.4, 0.5) is 0 Å². The Hall–Kier alpha value is -0.890. The minimum atomic E-state index is 1.06. The van der Waals surface area contributed by atoms with Gasteiger partial charge in [0.05, 0.1) is 5.52 Å². The quantitative estimate of drug-likeness (QED) is 0.791. The highest BCUT2D eigenvalue weighted by molar-refractivity contribution is 9.10. The number of rotatable bonds is 2. The molecule has 2 rings (SSSR count). The number of halogens is 1. The van der Waals surface area contributed by atoms with Gasteiger partial charge in [0.25, 0.3) is 0 Å². The molecule has 84 valence electrons. The van der Waals surface area contributed by atoms with E-state index in [0.29, 0.717) is 0 Å². The Morgan fingerprint density at radius 1 is 1.12 bits per heavy atom. The van der Waals surface area contributed by atoms with Gasteiger partial charge in [-0.3, -0.25) is 4.98 Å². The number of benzene rings is 1. The number of nitrogens with zero attached hydrogens (tertiary/aromatic N) is 1. The van der Waals surface area contributed by atoms with Gasteiger partial charge < -0.3 is 0 Å². The van der Waals surface area contributed by atoms with E-state index in [1.165, 1.54) is 22.2 Å². The van der Waals surface area contributed by atoms with Crippen molar-refractivity contribution in [3.63, 3.8) is 0 Å². The smallest absolute Gasteiger partial charge is 0.0708 e. The molecule has 0 aliphatic heterocycles. The van der Waals surface area contributed by atoms with Gasteiger partial charge in [0.2, 0.25) is 0 Å². The summed E-state index contributed by atoms with van der Waals surface area (Å²) in [5.74, 6) is 0. The van der Waals surface area contributed by atoms with Crippen molar-refractivity contribution in [1.82, 2.24) is 4.98 Å². The average molecular weight is 278 g/mol. The van der Waals surface area contributed by atoms with Crippen molar-refractivity contribution in [3.05, 3.63) is 39.5 Å². The number of hydrogen-bond acceptors (Lipinski definition) is 1. The topological polar surface area (TPSA) is 12.9 Å². The van der Waals surface area contributed by atoms with Gasteiger partial charge >= 0.3 is 0 Å². The zero-order valence-electron chi connectivity index (χ0n) is 9.97. The first-order chi connectivity index (χ1) is 7.67. The summed E-state index contributed by atoms with van der Waals surface area (Å²) in [6.45, 7) is 6.53. The summed E-state index contributed by atoms with van der Waals surface area (Å²) in [5, 5.41) is 1.29. The Labute approximate surface area is 105 Å². The second-order valence-corrected chi connectivity index (χ2v) is 4.94. The van der Waals surface area contributed by atoms with E-state index in [1.54, 1.807) is 0 Å². The number of fused-ring (bicyclic) bond motifs is 1. The summed E-state index contributed by atoms with van der Waals surface area (Å²) >= 11 is 3.53. The van der Waals surface area contributed by atoms with E-state index in [1.807, 2.05) is 0 Å². The molecule has 0 fully saturated rings. The van der Waals surface area contributed by atoms with Gasteiger partial charge in [0, 0.05) is 15.6 Å². The molecule has 1 aromatic carbocycles. The highest BCUT2D eigenvalue weighted by Gasteiger charge is 2.09. The lowest BCUT2D eigenvalue weighted by Crippen LogP contribution is -1.99. The number of aromatic nitrogens is 1. The average Bonchev–Trinajstić information content (AvgIpc) is 2.28. The van der Waals surface area contributed by atoms with E-state index in [0.717, 1.165) is 22.8 Å². The molecule has 0 radical (unpaired) electrons. The van der Waals surface area contributed by atoms with Crippen molar-refractivity contribution in [2.24, 2.45) is 0 Å². The summed E-state index contributed by atoms with van der Waals surface area (Å²) < 4.78 is 1.13. The zero-order valence-corrected chi connectivity index (χ0v) is 11.6. The van der Waals surface area contributed by atoms with Gasteiger partial charge in [-0.05, 0) is 49.1 Å². The van der Waals surface area contributed by atoms with Crippen molar-refractivity contribution in [1.29, 1.82) is 0 Å². The summed E-state index contributed by atoms with van der Waals surface area (Å²) in [5.41, 5.74) is 5.14. The van der Waals surface area contributed by atoms with Gasteiger partial charge in [0.1, 0.15) is 0 Å². The highest BCUT2D eigenvalue weighted by atomic mass is 79.9. The van der Waals surface area contributed by atoms with Crippen LogP contribution in [0.15, 0.2) is 22.7 Å². The van der Waals surface area contributed by atoms with Crippen LogP contribution in [0.2, 0.25) is 0 Å². The molecule has 0 amide bonds. The lowest BCUT2D eigenvalue weighted by molar-refractivity contribution is 1.00. The summed E-state index contributed by atoms with van der Waals surface area (Å²) in [4.78, 5) is 4.68. The van der Waals surface area contributed by atoms with Crippen molar-refractivity contribution in [2.75, 3.05) is 0 Å². The molecule has 0 N–H and O–H groups in total. The van der Waals surface area contributed by atoms with E-state index in [4.69, 9.17) is 0 Å². The van der Waals surface area contributed by atoms with Crippen LogP contribution in [0.3, 0.4) is 0 Å². The third kappa shape index (κ3) is 1.86. The number of aryl methyl sites for hydroxylation is 2. The molecule has 0 spiro atoms. The first-order valence-corrected chi connectivity index (χ1v) is 6.54. The molecule has 16 heavy (non-hydrogen) atoms. The second kappa shape index (κ2) is 4.54. The molecule has 1 aromatic heterocycles. The Bertz CT molecular complexity index is 532. The molecule has 0 aliphatic carbocycles. The molecule has 1 heterocycles. The van der Waals surface area contributed by atoms with Crippen LogP contribution in [0, 0.1) is 6.92 Å². The van der Waals surface area contributed by atoms with Gasteiger partial charge in [-0.1, -0.05) is 29.8 Å². The van der Waals surface area contributed by atoms with Gasteiger partial charge in [0.15, 0.2) is 0 Å². The maximum absolute atomic E-state index is 4.68. The number of pyridine rings is 1. The molecule has 0 atom stereocenters. The first kappa shape index (κ1) is 11.6. The highest BCUT2D eigenvalue weighted by Crippen LogP contribution is 2.27. The Kier molecular flexibility index (Phi) is 3.29. The van der Waals surface area contributed by atoms with Gasteiger partial charge in [-0.15, -0.1) is 0 Å². The Balaban J connectivity index is 2.86. The van der Waals surface area contributed by atoms with Gasteiger partial charge in [-0.25, -0.2) is 0 Å². The van der Waals surface area contributed by atoms with Crippen LogP contribution in [-0.2, 0) is 12.8 Å². The zero-order chi connectivity index (χ0) is 11.7. The molecule has 2 heteroatoms. The fourth-order valence-electron chi connectivity index (χ4n) is 2.35. The maximum Gasteiger partial charge on any atom is 0.0708 e. The van der Waals surface area contributed by atoms with Gasteiger partial charge in [-0.2, -0.15) is 0 Å². The molecule has 0 unspecified atom stereocenters. The predicted octanol–water partition coefficient (Wildman–Crippen LogP) is 4.43. The predicted molar refractivity (Wildman–Crippen MR) is 72.9 cm³/mol. The fourth-order valence-corrected chi connectivity index (χ4v) is 2.71. The van der Waals surface area contributed by atoms with Crippen molar-refractivity contribution < 1.29 is 0 Å². The second-order valence-electron chi connectivity index (χ2n) is 4.02. The Morgan fingerprint density at radius 2 is 1.81 bits per heavy atom. The van der Waals surface area contributed by atoms with E-state index in [-0.39, 0.29) is 0 Å². The molecular weight excluding hydrogens is 262 g/mol. The fraction of sp³-hybridized carbons (Fsp3) is 0.357. The van der Waals surface area contributed by atoms with Crippen molar-refractivity contribution >= 4 is 26.8 Å². The van der Waals surface area contributed by atoms with E-state index in [2.05, 4.69) is 59.9 Å². The molecule has 0 aliphatic rings. The lowest BCUT2D eigenvalue weighted by atomic mass is 9.97. The monoisotopic (exact) mass is 277 g/mol. The molecule has 0 saturated heterocycles. The summed E-state index contributed by atoms with van der Waals surface area (Å²) in [6.07, 6.45) is 2.13. The molecule has 2 aromatic rings. The minimum absolute atomic E-state index is 1.06. The van der Waals surface area contributed by atoms with Crippen LogP contribution >= 0.6 is 15.9 Å². The first-order valence-electron chi connectivity index (χ1n) is 5.75. The molecular formula is C14H16BrN. The van der Waals surface area contributed by atoms with E-state index < -0.39 is 0 Å². The third-order valence-corrected chi connectivity index (χ3v) is 3.57. The normalized spacial score (nSPS) is 11.0. The molecule has 1 nitrogen and oxygen atoms in total. The van der Waals surface area contributed by atoms with Crippen molar-refractivity contribution in [3.8, 4) is 0 Å². The molecule has 0 saturated carbocycles. The largest absolute Gasteiger partial charge is 0.253 e. The number of hydrogen-bond donors (Lipinski definition) is 0. The Morgan fingerprint density at radius 3 is 2.44 bits per heavy atom. The van der Waals surface area contributed by atoms with E-state index in [9.17, 15) is 0 Å². The van der Waals surface area contributed by atoms with Crippen molar-refractivity contribution in [2.45, 2.75) is 33.6 Å². The minimum Gasteiger partial charge on any atom is -0.253 e. The van der Waals surface area contributed by atoms with E-state index >= 15 is 0 Å². The third-order valence-electron chi connectivity index (χ3n) is 3.08. The standard InChI is InChI=1S/C14H16BrN/c1-4-11-9(3)16-14-7-6-10(15)8-13(14)12(11)5-2/h6-8H,4-5H2,1-3H3. The SMILES string of the molecule is CCc1c(C)nc2ccc(Br)cc2c1CC. The van der Waals surface area contributed by atoms with Crippen LogP contribution in [-0.4, -0.2) is 4.98 Å². The lowest BCUT2D eigenvalue weighted by Gasteiger charge is -2.13. The summed E-state index contributed by atoms with van der Waals surface area (Å²) in [6, 6.07) is 6.32. The summed E-state index contributed by atoms with van der Waals surface area (Å²) in [7, 11) is 0. The van der Waals surface area contributed by atoms with Crippen LogP contribution in [0.1, 0.15) is 30.7 Å².